The second-order valence-corrected chi connectivity index (χ2v) is 5.13. The van der Waals surface area contributed by atoms with E-state index in [2.05, 4.69) is 10.2 Å². The Bertz CT molecular complexity index is 499. The lowest BCUT2D eigenvalue weighted by Gasteiger charge is -2.34. The largest absolute Gasteiger partial charge is 0.507 e. The monoisotopic (exact) mass is 279 g/mol. The van der Waals surface area contributed by atoms with Gasteiger partial charge in [-0.15, -0.1) is 0 Å². The summed E-state index contributed by atoms with van der Waals surface area (Å²) >= 11 is 0. The average molecular weight is 279 g/mol. The standard InChI is InChI=1S/C14H21N3O3/c1-3-11(16-8-6-15-7-9-16)13-12(17(19)20)5-4-10(2)14(13)18/h4-5,11,15,18H,3,6-9H2,1-2H3/t11-/m1/s1. The Kier molecular flexibility index (Phi) is 4.57. The molecule has 1 aromatic carbocycles. The van der Waals surface area contributed by atoms with Crippen molar-refractivity contribution < 1.29 is 10.0 Å². The van der Waals surface area contributed by atoms with Crippen molar-refractivity contribution in [3.63, 3.8) is 0 Å². The SMILES string of the molecule is CC[C@H](c1c([N+](=O)[O-])ccc(C)c1O)N1CCNCC1. The smallest absolute Gasteiger partial charge is 0.277 e. The molecule has 0 amide bonds. The third-order valence-electron chi connectivity index (χ3n) is 3.90. The number of piperazine rings is 1. The molecule has 0 bridgehead atoms. The van der Waals surface area contributed by atoms with Crippen LogP contribution in [0.2, 0.25) is 0 Å². The predicted octanol–water partition coefficient (Wildman–Crippen LogP) is 1.97. The number of phenols is 1. The summed E-state index contributed by atoms with van der Waals surface area (Å²) in [4.78, 5) is 13.1. The summed E-state index contributed by atoms with van der Waals surface area (Å²) in [5.41, 5.74) is 1.15. The summed E-state index contributed by atoms with van der Waals surface area (Å²) in [6.45, 7) is 7.19. The quantitative estimate of drug-likeness (QED) is 0.650. The average Bonchev–Trinajstić information content (AvgIpc) is 2.45. The van der Waals surface area contributed by atoms with Crippen LogP contribution in [0.15, 0.2) is 12.1 Å². The van der Waals surface area contributed by atoms with E-state index in [0.29, 0.717) is 11.1 Å². The Morgan fingerprint density at radius 3 is 2.65 bits per heavy atom. The topological polar surface area (TPSA) is 78.6 Å². The van der Waals surface area contributed by atoms with Crippen molar-refractivity contribution in [3.05, 3.63) is 33.4 Å². The third-order valence-corrected chi connectivity index (χ3v) is 3.90. The van der Waals surface area contributed by atoms with Gasteiger partial charge in [0.1, 0.15) is 5.75 Å². The number of aromatic hydroxyl groups is 1. The van der Waals surface area contributed by atoms with E-state index in [1.807, 2.05) is 6.92 Å². The van der Waals surface area contributed by atoms with E-state index in [1.165, 1.54) is 6.07 Å². The van der Waals surface area contributed by atoms with Crippen LogP contribution in [0.4, 0.5) is 5.69 Å². The first-order chi connectivity index (χ1) is 9.56. The first-order valence-electron chi connectivity index (χ1n) is 6.97. The minimum atomic E-state index is -0.403. The van der Waals surface area contributed by atoms with Crippen molar-refractivity contribution >= 4 is 5.69 Å². The zero-order valence-corrected chi connectivity index (χ0v) is 11.9. The highest BCUT2D eigenvalue weighted by atomic mass is 16.6. The lowest BCUT2D eigenvalue weighted by molar-refractivity contribution is -0.386. The van der Waals surface area contributed by atoms with E-state index in [9.17, 15) is 15.2 Å². The van der Waals surface area contributed by atoms with Gasteiger partial charge in [0.05, 0.1) is 10.5 Å². The maximum atomic E-state index is 11.3. The maximum Gasteiger partial charge on any atom is 0.277 e. The van der Waals surface area contributed by atoms with E-state index in [0.717, 1.165) is 32.6 Å². The van der Waals surface area contributed by atoms with E-state index in [4.69, 9.17) is 0 Å². The minimum Gasteiger partial charge on any atom is -0.507 e. The van der Waals surface area contributed by atoms with Gasteiger partial charge in [0.15, 0.2) is 0 Å². The number of nitrogens with one attached hydrogen (secondary N) is 1. The number of hydrogen-bond donors (Lipinski definition) is 2. The molecule has 0 aliphatic carbocycles. The van der Waals surface area contributed by atoms with Gasteiger partial charge in [-0.05, 0) is 25.0 Å². The first kappa shape index (κ1) is 14.7. The van der Waals surface area contributed by atoms with Crippen molar-refractivity contribution in [3.8, 4) is 5.75 Å². The number of phenolic OH excluding ortho intramolecular Hbond substituents is 1. The Hall–Kier alpha value is -1.66. The molecule has 0 unspecified atom stereocenters. The number of hydrogen-bond acceptors (Lipinski definition) is 5. The Labute approximate surface area is 118 Å². The highest BCUT2D eigenvalue weighted by Gasteiger charge is 2.30. The highest BCUT2D eigenvalue weighted by Crippen LogP contribution is 2.39. The maximum absolute atomic E-state index is 11.3. The summed E-state index contributed by atoms with van der Waals surface area (Å²) < 4.78 is 0. The fourth-order valence-corrected chi connectivity index (χ4v) is 2.83. The first-order valence-corrected chi connectivity index (χ1v) is 6.97. The predicted molar refractivity (Wildman–Crippen MR) is 77.0 cm³/mol. The second-order valence-electron chi connectivity index (χ2n) is 5.13. The van der Waals surface area contributed by atoms with Crippen LogP contribution in [0, 0.1) is 17.0 Å². The van der Waals surface area contributed by atoms with Gasteiger partial charge in [0, 0.05) is 38.3 Å². The number of benzene rings is 1. The van der Waals surface area contributed by atoms with E-state index in [1.54, 1.807) is 13.0 Å². The molecule has 110 valence electrons. The van der Waals surface area contributed by atoms with Crippen LogP contribution in [0.3, 0.4) is 0 Å². The fourth-order valence-electron chi connectivity index (χ4n) is 2.83. The molecule has 2 rings (SSSR count). The Balaban J connectivity index is 2.46. The van der Waals surface area contributed by atoms with Crippen LogP contribution in [0.25, 0.3) is 0 Å². The minimum absolute atomic E-state index is 0.0125. The summed E-state index contributed by atoms with van der Waals surface area (Å²) in [7, 11) is 0. The van der Waals surface area contributed by atoms with Gasteiger partial charge >= 0.3 is 0 Å². The molecule has 2 N–H and O–H groups in total. The van der Waals surface area contributed by atoms with Gasteiger partial charge < -0.3 is 10.4 Å². The van der Waals surface area contributed by atoms with Gasteiger partial charge in [-0.1, -0.05) is 6.92 Å². The molecule has 6 nitrogen and oxygen atoms in total. The molecule has 0 saturated carbocycles. The van der Waals surface area contributed by atoms with Crippen LogP contribution >= 0.6 is 0 Å². The molecule has 0 radical (unpaired) electrons. The van der Waals surface area contributed by atoms with Crippen molar-refractivity contribution in [1.82, 2.24) is 10.2 Å². The molecule has 1 saturated heterocycles. The van der Waals surface area contributed by atoms with Gasteiger partial charge in [-0.2, -0.15) is 0 Å². The molecular formula is C14H21N3O3. The highest BCUT2D eigenvalue weighted by molar-refractivity contribution is 5.54. The Morgan fingerprint density at radius 2 is 2.10 bits per heavy atom. The summed E-state index contributed by atoms with van der Waals surface area (Å²) in [5, 5.41) is 24.8. The zero-order valence-electron chi connectivity index (χ0n) is 11.9. The summed E-state index contributed by atoms with van der Waals surface area (Å²) in [5.74, 6) is 0.0598. The van der Waals surface area contributed by atoms with Gasteiger partial charge in [0.2, 0.25) is 0 Å². The van der Waals surface area contributed by atoms with E-state index >= 15 is 0 Å². The molecule has 0 spiro atoms. The van der Waals surface area contributed by atoms with Gasteiger partial charge in [-0.3, -0.25) is 15.0 Å². The number of rotatable bonds is 4. The normalized spacial score (nSPS) is 17.9. The van der Waals surface area contributed by atoms with Crippen LogP contribution in [-0.4, -0.2) is 41.1 Å². The second kappa shape index (κ2) is 6.19. The summed E-state index contributed by atoms with van der Waals surface area (Å²) in [6, 6.07) is 2.98. The number of nitro benzene ring substituents is 1. The fraction of sp³-hybridized carbons (Fsp3) is 0.571. The molecule has 1 atom stereocenters. The molecule has 1 aromatic rings. The molecule has 1 heterocycles. The Morgan fingerprint density at radius 1 is 1.45 bits per heavy atom. The molecular weight excluding hydrogens is 258 g/mol. The van der Waals surface area contributed by atoms with Crippen LogP contribution in [0.1, 0.15) is 30.5 Å². The molecule has 20 heavy (non-hydrogen) atoms. The lowest BCUT2D eigenvalue weighted by Crippen LogP contribution is -2.45. The van der Waals surface area contributed by atoms with Crippen molar-refractivity contribution in [1.29, 1.82) is 0 Å². The summed E-state index contributed by atoms with van der Waals surface area (Å²) in [6.07, 6.45) is 0.734. The molecule has 6 heteroatoms. The van der Waals surface area contributed by atoms with Crippen LogP contribution in [-0.2, 0) is 0 Å². The molecule has 1 fully saturated rings. The van der Waals surface area contributed by atoms with Gasteiger partial charge in [0.25, 0.3) is 5.69 Å². The molecule has 1 aliphatic rings. The van der Waals surface area contributed by atoms with Crippen molar-refractivity contribution in [2.45, 2.75) is 26.3 Å². The van der Waals surface area contributed by atoms with Crippen molar-refractivity contribution in [2.75, 3.05) is 26.2 Å². The molecule has 0 aromatic heterocycles. The number of aryl methyl sites for hydroxylation is 1. The van der Waals surface area contributed by atoms with Crippen LogP contribution < -0.4 is 5.32 Å². The number of nitro groups is 1. The lowest BCUT2D eigenvalue weighted by atomic mass is 9.96. The number of nitrogens with zero attached hydrogens (tertiary/aromatic N) is 2. The zero-order chi connectivity index (χ0) is 14.7. The van der Waals surface area contributed by atoms with E-state index < -0.39 is 4.92 Å². The van der Waals surface area contributed by atoms with Gasteiger partial charge in [-0.25, -0.2) is 0 Å². The van der Waals surface area contributed by atoms with Crippen molar-refractivity contribution in [2.24, 2.45) is 0 Å². The van der Waals surface area contributed by atoms with E-state index in [-0.39, 0.29) is 17.5 Å². The third kappa shape index (κ3) is 2.76. The molecule has 1 aliphatic heterocycles. The van der Waals surface area contributed by atoms with Crippen LogP contribution in [0.5, 0.6) is 5.75 Å².